The molecule has 0 bridgehead atoms. The Kier molecular flexibility index (Phi) is 5.17. The Balaban J connectivity index is 1.91. The maximum absolute atomic E-state index is 11.6. The van der Waals surface area contributed by atoms with Gasteiger partial charge in [-0.25, -0.2) is 10.4 Å². The van der Waals surface area contributed by atoms with Crippen molar-refractivity contribution < 1.29 is 9.53 Å². The number of nitrogens with one attached hydrogen (secondary N) is 1. The summed E-state index contributed by atoms with van der Waals surface area (Å²) in [6.45, 7) is 0. The van der Waals surface area contributed by atoms with Gasteiger partial charge in [0.15, 0.2) is 0 Å². The number of para-hydroxylation sites is 1. The Morgan fingerprint density at radius 2 is 2.19 bits per heavy atom. The number of hydrazone groups is 1. The van der Waals surface area contributed by atoms with Crippen molar-refractivity contribution in [2.75, 3.05) is 7.11 Å². The highest BCUT2D eigenvalue weighted by atomic mass is 16.5. The van der Waals surface area contributed by atoms with E-state index < -0.39 is 5.91 Å². The molecule has 0 saturated carbocycles. The van der Waals surface area contributed by atoms with Gasteiger partial charge in [-0.1, -0.05) is 18.2 Å². The molecule has 1 aromatic carbocycles. The van der Waals surface area contributed by atoms with Crippen molar-refractivity contribution in [3.05, 3.63) is 60.2 Å². The van der Waals surface area contributed by atoms with Crippen molar-refractivity contribution in [2.45, 2.75) is 0 Å². The number of carbonyl (C=O) groups is 1. The predicted octanol–water partition coefficient (Wildman–Crippen LogP) is 1.91. The summed E-state index contributed by atoms with van der Waals surface area (Å²) in [5.41, 5.74) is 3.49. The van der Waals surface area contributed by atoms with Gasteiger partial charge in [-0.2, -0.15) is 5.10 Å². The van der Waals surface area contributed by atoms with E-state index in [1.165, 1.54) is 24.8 Å². The molecule has 6 nitrogen and oxygen atoms in total. The molecule has 2 rings (SSSR count). The molecule has 1 aromatic heterocycles. The Morgan fingerprint density at radius 3 is 2.95 bits per heavy atom. The molecule has 0 atom stereocenters. The molecule has 106 valence electrons. The summed E-state index contributed by atoms with van der Waals surface area (Å²) in [6.07, 6.45) is 9.32. The number of rotatable bonds is 5. The van der Waals surface area contributed by atoms with Crippen LogP contribution >= 0.6 is 0 Å². The minimum atomic E-state index is -0.412. The quantitative estimate of drug-likeness (QED) is 0.671. The van der Waals surface area contributed by atoms with Gasteiger partial charge in [0.2, 0.25) is 0 Å². The minimum absolute atomic E-state index is 0.211. The van der Waals surface area contributed by atoms with Gasteiger partial charge in [-0.15, -0.1) is 0 Å². The van der Waals surface area contributed by atoms with Gasteiger partial charge in [0, 0.05) is 24.2 Å². The maximum Gasteiger partial charge on any atom is 0.291 e. The van der Waals surface area contributed by atoms with E-state index in [1.807, 2.05) is 30.3 Å². The molecule has 1 amide bonds. The van der Waals surface area contributed by atoms with E-state index in [4.69, 9.17) is 4.74 Å². The molecule has 6 heteroatoms. The van der Waals surface area contributed by atoms with Gasteiger partial charge in [0.25, 0.3) is 5.91 Å². The summed E-state index contributed by atoms with van der Waals surface area (Å²) in [7, 11) is 1.61. The van der Waals surface area contributed by atoms with Crippen LogP contribution in [0.2, 0.25) is 0 Å². The monoisotopic (exact) mass is 282 g/mol. The van der Waals surface area contributed by atoms with Crippen LogP contribution in [-0.2, 0) is 0 Å². The molecule has 0 saturated heterocycles. The van der Waals surface area contributed by atoms with E-state index in [0.29, 0.717) is 0 Å². The normalized spacial score (nSPS) is 10.9. The van der Waals surface area contributed by atoms with E-state index in [1.54, 1.807) is 13.2 Å². The van der Waals surface area contributed by atoms with Gasteiger partial charge in [-0.3, -0.25) is 9.78 Å². The van der Waals surface area contributed by atoms with Gasteiger partial charge >= 0.3 is 0 Å². The van der Waals surface area contributed by atoms with Crippen molar-refractivity contribution in [2.24, 2.45) is 5.10 Å². The van der Waals surface area contributed by atoms with Gasteiger partial charge in [0.1, 0.15) is 11.4 Å². The fourth-order valence-corrected chi connectivity index (χ4v) is 1.56. The molecule has 0 unspecified atom stereocenters. The predicted molar refractivity (Wildman–Crippen MR) is 80.0 cm³/mol. The van der Waals surface area contributed by atoms with Crippen LogP contribution in [0.5, 0.6) is 5.75 Å². The summed E-state index contributed by atoms with van der Waals surface area (Å²) in [6, 6.07) is 7.59. The number of aromatic nitrogens is 2. The van der Waals surface area contributed by atoms with E-state index in [0.717, 1.165) is 11.3 Å². The average Bonchev–Trinajstić information content (AvgIpc) is 2.55. The number of methoxy groups -OCH3 is 1. The third-order valence-electron chi connectivity index (χ3n) is 2.54. The molecule has 2 aromatic rings. The first-order valence-electron chi connectivity index (χ1n) is 6.20. The summed E-state index contributed by atoms with van der Waals surface area (Å²) in [4.78, 5) is 19.3. The van der Waals surface area contributed by atoms with Gasteiger partial charge in [-0.05, 0) is 18.2 Å². The lowest BCUT2D eigenvalue weighted by Gasteiger charge is -2.02. The van der Waals surface area contributed by atoms with Gasteiger partial charge < -0.3 is 4.74 Å². The minimum Gasteiger partial charge on any atom is -0.496 e. The summed E-state index contributed by atoms with van der Waals surface area (Å²) in [5, 5.41) is 3.80. The molecular formula is C15H14N4O2. The smallest absolute Gasteiger partial charge is 0.291 e. The first-order chi connectivity index (χ1) is 10.3. The average molecular weight is 282 g/mol. The van der Waals surface area contributed by atoms with E-state index >= 15 is 0 Å². The van der Waals surface area contributed by atoms with Crippen LogP contribution in [0.15, 0.2) is 54.0 Å². The first-order valence-corrected chi connectivity index (χ1v) is 6.20. The standard InChI is InChI=1S/C15H14N4O2/c1-21-14-7-3-2-5-12(14)6-4-8-18-19-15(20)13-11-16-9-10-17-13/h2-11H,1H3,(H,19,20). The molecular weight excluding hydrogens is 268 g/mol. The Hall–Kier alpha value is -3.02. The van der Waals surface area contributed by atoms with E-state index in [9.17, 15) is 4.79 Å². The molecule has 0 aliphatic carbocycles. The fraction of sp³-hybridized carbons (Fsp3) is 0.0667. The van der Waals surface area contributed by atoms with Crippen LogP contribution in [0.4, 0.5) is 0 Å². The van der Waals surface area contributed by atoms with E-state index in [2.05, 4.69) is 20.5 Å². The number of allylic oxidation sites excluding steroid dienone is 1. The SMILES string of the molecule is COc1ccccc1C=CC=NNC(=O)c1cnccn1. The Morgan fingerprint density at radius 1 is 1.33 bits per heavy atom. The topological polar surface area (TPSA) is 76.5 Å². The van der Waals surface area contributed by atoms with Crippen LogP contribution in [0.25, 0.3) is 6.08 Å². The second kappa shape index (κ2) is 7.54. The molecule has 1 heterocycles. The number of benzene rings is 1. The lowest BCUT2D eigenvalue weighted by Crippen LogP contribution is -2.18. The molecule has 0 spiro atoms. The lowest BCUT2D eigenvalue weighted by atomic mass is 10.2. The van der Waals surface area contributed by atoms with Crippen LogP contribution in [0.3, 0.4) is 0 Å². The number of hydrogen-bond acceptors (Lipinski definition) is 5. The van der Waals surface area contributed by atoms with Crippen molar-refractivity contribution >= 4 is 18.2 Å². The van der Waals surface area contributed by atoms with Crippen LogP contribution in [0, 0.1) is 0 Å². The second-order valence-electron chi connectivity index (χ2n) is 3.91. The maximum atomic E-state index is 11.6. The highest BCUT2D eigenvalue weighted by molar-refractivity contribution is 5.92. The molecule has 0 aliphatic rings. The van der Waals surface area contributed by atoms with Crippen LogP contribution in [0.1, 0.15) is 16.1 Å². The number of carbonyl (C=O) groups excluding carboxylic acids is 1. The third-order valence-corrected chi connectivity index (χ3v) is 2.54. The summed E-state index contributed by atoms with van der Waals surface area (Å²) >= 11 is 0. The molecule has 0 radical (unpaired) electrons. The molecule has 0 aliphatic heterocycles. The number of amides is 1. The molecule has 0 fully saturated rings. The zero-order valence-corrected chi connectivity index (χ0v) is 11.4. The van der Waals surface area contributed by atoms with Crippen molar-refractivity contribution in [1.82, 2.24) is 15.4 Å². The number of hydrogen-bond donors (Lipinski definition) is 1. The van der Waals surface area contributed by atoms with Gasteiger partial charge in [0.05, 0.1) is 13.3 Å². The summed E-state index contributed by atoms with van der Waals surface area (Å²) < 4.78 is 5.22. The zero-order chi connectivity index (χ0) is 14.9. The zero-order valence-electron chi connectivity index (χ0n) is 11.4. The summed E-state index contributed by atoms with van der Waals surface area (Å²) in [5.74, 6) is 0.357. The van der Waals surface area contributed by atoms with E-state index in [-0.39, 0.29) is 5.69 Å². The number of nitrogens with zero attached hydrogens (tertiary/aromatic N) is 3. The first kappa shape index (κ1) is 14.4. The highest BCUT2D eigenvalue weighted by Crippen LogP contribution is 2.18. The third kappa shape index (κ3) is 4.24. The fourth-order valence-electron chi connectivity index (χ4n) is 1.56. The van der Waals surface area contributed by atoms with Crippen LogP contribution < -0.4 is 10.2 Å². The Bertz CT molecular complexity index is 654. The largest absolute Gasteiger partial charge is 0.496 e. The lowest BCUT2D eigenvalue weighted by molar-refractivity contribution is 0.0950. The van der Waals surface area contributed by atoms with Crippen LogP contribution in [-0.4, -0.2) is 29.2 Å². The van der Waals surface area contributed by atoms with Crippen molar-refractivity contribution in [3.8, 4) is 5.75 Å². The second-order valence-corrected chi connectivity index (χ2v) is 3.91. The molecule has 1 N–H and O–H groups in total. The van der Waals surface area contributed by atoms with Crippen molar-refractivity contribution in [1.29, 1.82) is 0 Å². The van der Waals surface area contributed by atoms with Crippen molar-refractivity contribution in [3.63, 3.8) is 0 Å². The Labute approximate surface area is 122 Å². The molecule has 21 heavy (non-hydrogen) atoms. The number of ether oxygens (including phenoxy) is 1. The highest BCUT2D eigenvalue weighted by Gasteiger charge is 2.03.